The number of aromatic nitrogens is 1. The number of carbonyl (C=O) groups is 1. The van der Waals surface area contributed by atoms with Gasteiger partial charge in [-0.3, -0.25) is 9.36 Å². The molecule has 0 unspecified atom stereocenters. The molecule has 1 aliphatic rings. The number of halogens is 1. The van der Waals surface area contributed by atoms with Crippen LogP contribution in [0.2, 0.25) is 0 Å². The molecule has 0 fully saturated rings. The Bertz CT molecular complexity index is 1320. The van der Waals surface area contributed by atoms with Gasteiger partial charge < -0.3 is 4.74 Å². The molecule has 2 heterocycles. The van der Waals surface area contributed by atoms with Crippen LogP contribution in [0, 0.1) is 0 Å². The lowest BCUT2D eigenvalue weighted by molar-refractivity contribution is -0.136. The third kappa shape index (κ3) is 3.70. The fourth-order valence-electron chi connectivity index (χ4n) is 3.56. The quantitative estimate of drug-likeness (QED) is 0.534. The van der Waals surface area contributed by atoms with Crippen LogP contribution in [0.4, 0.5) is 0 Å². The maximum absolute atomic E-state index is 13.4. The standard InChI is InChI=1S/C23H19BrN2O3S/c1-3-17-19(22(28)29-2)20(15-9-5-4-6-10-15)26-21(27)18(30-23(26)25-17)13-14-8-7-11-16(24)12-14/h4-13,20H,3H2,1-2H3/b18-13-/t20-/m1/s1. The Kier molecular flexibility index (Phi) is 5.83. The molecule has 0 bridgehead atoms. The number of nitrogens with zero attached hydrogens (tertiary/aromatic N) is 2. The van der Waals surface area contributed by atoms with E-state index in [-0.39, 0.29) is 5.56 Å². The Hall–Kier alpha value is -2.77. The van der Waals surface area contributed by atoms with E-state index in [2.05, 4.69) is 20.9 Å². The van der Waals surface area contributed by atoms with Crippen molar-refractivity contribution in [3.8, 4) is 0 Å². The summed E-state index contributed by atoms with van der Waals surface area (Å²) in [5.74, 6) is -0.467. The second-order valence-electron chi connectivity index (χ2n) is 6.75. The summed E-state index contributed by atoms with van der Waals surface area (Å²) >= 11 is 4.79. The maximum Gasteiger partial charge on any atom is 0.338 e. The molecule has 0 N–H and O–H groups in total. The number of benzene rings is 2. The molecule has 152 valence electrons. The Morgan fingerprint density at radius 1 is 1.23 bits per heavy atom. The van der Waals surface area contributed by atoms with E-state index in [0.717, 1.165) is 15.6 Å². The molecule has 3 aromatic rings. The van der Waals surface area contributed by atoms with Gasteiger partial charge in [0.25, 0.3) is 5.56 Å². The smallest absolute Gasteiger partial charge is 0.338 e. The number of carbonyl (C=O) groups excluding carboxylic acids is 1. The van der Waals surface area contributed by atoms with Crippen molar-refractivity contribution in [1.29, 1.82) is 0 Å². The summed E-state index contributed by atoms with van der Waals surface area (Å²) in [6, 6.07) is 16.7. The van der Waals surface area contributed by atoms with E-state index in [4.69, 9.17) is 4.74 Å². The van der Waals surface area contributed by atoms with Crippen LogP contribution in [-0.2, 0) is 9.53 Å². The molecule has 0 amide bonds. The van der Waals surface area contributed by atoms with Crippen LogP contribution in [0.15, 0.2) is 80.1 Å². The van der Waals surface area contributed by atoms with Crippen LogP contribution >= 0.6 is 27.3 Å². The Balaban J connectivity index is 2.01. The summed E-state index contributed by atoms with van der Waals surface area (Å²) in [6.45, 7) is 1.94. The molecule has 0 aliphatic carbocycles. The molecule has 5 nitrogen and oxygen atoms in total. The van der Waals surface area contributed by atoms with Gasteiger partial charge in [0.1, 0.15) is 0 Å². The predicted molar refractivity (Wildman–Crippen MR) is 121 cm³/mol. The first-order valence-electron chi connectivity index (χ1n) is 9.47. The van der Waals surface area contributed by atoms with Gasteiger partial charge in [-0.05, 0) is 35.8 Å². The van der Waals surface area contributed by atoms with Crippen LogP contribution in [0.3, 0.4) is 0 Å². The summed E-state index contributed by atoms with van der Waals surface area (Å²) in [6.07, 6.45) is 2.41. The largest absolute Gasteiger partial charge is 0.466 e. The molecule has 7 heteroatoms. The number of rotatable bonds is 4. The minimum absolute atomic E-state index is 0.177. The average molecular weight is 483 g/mol. The molecule has 0 saturated carbocycles. The first kappa shape index (κ1) is 20.5. The minimum Gasteiger partial charge on any atom is -0.466 e. The van der Waals surface area contributed by atoms with Crippen LogP contribution < -0.4 is 14.9 Å². The summed E-state index contributed by atoms with van der Waals surface area (Å²) in [4.78, 5) is 31.4. The van der Waals surface area contributed by atoms with Crippen molar-refractivity contribution < 1.29 is 9.53 Å². The fourth-order valence-corrected chi connectivity index (χ4v) is 5.00. The second-order valence-corrected chi connectivity index (χ2v) is 8.68. The van der Waals surface area contributed by atoms with Gasteiger partial charge in [-0.2, -0.15) is 0 Å². The SMILES string of the molecule is CCC1=C(C(=O)OC)[C@@H](c2ccccc2)n2c(s/c(=C\c3cccc(Br)c3)c2=O)=N1. The van der Waals surface area contributed by atoms with Crippen molar-refractivity contribution in [3.05, 3.63) is 101 Å². The van der Waals surface area contributed by atoms with Crippen molar-refractivity contribution >= 4 is 39.3 Å². The number of hydrogen-bond donors (Lipinski definition) is 0. The van der Waals surface area contributed by atoms with Gasteiger partial charge in [-0.15, -0.1) is 0 Å². The van der Waals surface area contributed by atoms with Crippen LogP contribution in [-0.4, -0.2) is 17.6 Å². The predicted octanol–water partition coefficient (Wildman–Crippen LogP) is 3.56. The number of allylic oxidation sites excluding steroid dienone is 1. The first-order valence-corrected chi connectivity index (χ1v) is 11.1. The van der Waals surface area contributed by atoms with Gasteiger partial charge in [-0.1, -0.05) is 76.7 Å². The monoisotopic (exact) mass is 482 g/mol. The zero-order valence-electron chi connectivity index (χ0n) is 16.5. The third-order valence-electron chi connectivity index (χ3n) is 4.91. The van der Waals surface area contributed by atoms with E-state index in [0.29, 0.717) is 27.0 Å². The highest BCUT2D eigenvalue weighted by molar-refractivity contribution is 9.10. The van der Waals surface area contributed by atoms with Crippen molar-refractivity contribution in [2.24, 2.45) is 4.99 Å². The van der Waals surface area contributed by atoms with E-state index >= 15 is 0 Å². The molecule has 1 atom stereocenters. The molecular formula is C23H19BrN2O3S. The van der Waals surface area contributed by atoms with Crippen LogP contribution in [0.25, 0.3) is 6.08 Å². The Morgan fingerprint density at radius 3 is 2.67 bits per heavy atom. The highest BCUT2D eigenvalue weighted by Crippen LogP contribution is 2.31. The number of ether oxygens (including phenoxy) is 1. The van der Waals surface area contributed by atoms with Gasteiger partial charge >= 0.3 is 5.97 Å². The Labute approximate surface area is 185 Å². The summed E-state index contributed by atoms with van der Waals surface area (Å²) in [5.41, 5.74) is 2.63. The van der Waals surface area contributed by atoms with Crippen LogP contribution in [0.1, 0.15) is 30.5 Å². The lowest BCUT2D eigenvalue weighted by Crippen LogP contribution is -2.40. The number of esters is 1. The Morgan fingerprint density at radius 2 is 2.00 bits per heavy atom. The van der Waals surface area contributed by atoms with Crippen molar-refractivity contribution in [3.63, 3.8) is 0 Å². The lowest BCUT2D eigenvalue weighted by Gasteiger charge is -2.25. The fraction of sp³-hybridized carbons (Fsp3) is 0.174. The maximum atomic E-state index is 13.4. The molecule has 0 saturated heterocycles. The highest BCUT2D eigenvalue weighted by Gasteiger charge is 2.33. The molecular weight excluding hydrogens is 464 g/mol. The van der Waals surface area contributed by atoms with Gasteiger partial charge in [0.15, 0.2) is 4.80 Å². The van der Waals surface area contributed by atoms with Crippen LogP contribution in [0.5, 0.6) is 0 Å². The van der Waals surface area contributed by atoms with Gasteiger partial charge in [0.2, 0.25) is 0 Å². The number of hydrogen-bond acceptors (Lipinski definition) is 5. The van der Waals surface area contributed by atoms with E-state index in [1.165, 1.54) is 18.4 Å². The molecule has 2 aromatic carbocycles. The zero-order chi connectivity index (χ0) is 21.3. The highest BCUT2D eigenvalue weighted by atomic mass is 79.9. The van der Waals surface area contributed by atoms with E-state index in [1.807, 2.05) is 67.6 Å². The van der Waals surface area contributed by atoms with Crippen molar-refractivity contribution in [2.75, 3.05) is 7.11 Å². The molecule has 0 radical (unpaired) electrons. The number of methoxy groups -OCH3 is 1. The summed E-state index contributed by atoms with van der Waals surface area (Å²) in [5, 5.41) is 0. The van der Waals surface area contributed by atoms with Crippen molar-refractivity contribution in [2.45, 2.75) is 19.4 Å². The van der Waals surface area contributed by atoms with E-state index in [9.17, 15) is 9.59 Å². The van der Waals surface area contributed by atoms with Gasteiger partial charge in [0, 0.05) is 4.47 Å². The third-order valence-corrected chi connectivity index (χ3v) is 6.39. The second kappa shape index (κ2) is 8.53. The minimum atomic E-state index is -0.575. The zero-order valence-corrected chi connectivity index (χ0v) is 18.9. The van der Waals surface area contributed by atoms with Gasteiger partial charge in [0.05, 0.1) is 29.0 Å². The average Bonchev–Trinajstić information content (AvgIpc) is 3.07. The number of fused-ring (bicyclic) bond motifs is 1. The first-order chi connectivity index (χ1) is 14.5. The molecule has 1 aromatic heterocycles. The lowest BCUT2D eigenvalue weighted by atomic mass is 9.95. The molecule has 30 heavy (non-hydrogen) atoms. The van der Waals surface area contributed by atoms with E-state index in [1.54, 1.807) is 4.57 Å². The molecule has 4 rings (SSSR count). The van der Waals surface area contributed by atoms with Gasteiger partial charge in [-0.25, -0.2) is 9.79 Å². The topological polar surface area (TPSA) is 60.7 Å². The molecule has 1 aliphatic heterocycles. The number of thiazole rings is 1. The van der Waals surface area contributed by atoms with E-state index < -0.39 is 12.0 Å². The normalized spacial score (nSPS) is 16.2. The summed E-state index contributed by atoms with van der Waals surface area (Å²) in [7, 11) is 1.35. The van der Waals surface area contributed by atoms with Crippen molar-refractivity contribution in [1.82, 2.24) is 4.57 Å². The molecule has 0 spiro atoms. The summed E-state index contributed by atoms with van der Waals surface area (Å²) < 4.78 is 8.17.